The minimum atomic E-state index is 0.674. The highest BCUT2D eigenvalue weighted by Gasteiger charge is 2.17. The maximum absolute atomic E-state index is 5.51. The minimum Gasteiger partial charge on any atom is -0.379 e. The fourth-order valence-corrected chi connectivity index (χ4v) is 1.79. The third-order valence-electron chi connectivity index (χ3n) is 2.75. The van der Waals surface area contributed by atoms with E-state index in [2.05, 4.69) is 36.3 Å². The highest BCUT2D eigenvalue weighted by molar-refractivity contribution is 4.78. The van der Waals surface area contributed by atoms with Gasteiger partial charge in [0, 0.05) is 25.7 Å². The molecule has 1 aliphatic heterocycles. The summed E-state index contributed by atoms with van der Waals surface area (Å²) in [4.78, 5) is 4.50. The van der Waals surface area contributed by atoms with Crippen molar-refractivity contribution in [3.8, 4) is 0 Å². The predicted molar refractivity (Wildman–Crippen MR) is 63.3 cm³/mol. The predicted octanol–water partition coefficient (Wildman–Crippen LogP) is -0.142. The molecule has 1 unspecified atom stereocenters. The van der Waals surface area contributed by atoms with Crippen molar-refractivity contribution >= 4 is 0 Å². The number of likely N-dealkylation sites (N-methyl/N-ethyl adjacent to an activating group) is 2. The zero-order chi connectivity index (χ0) is 11.1. The normalized spacial score (nSPS) is 22.8. The van der Waals surface area contributed by atoms with Gasteiger partial charge in [0.2, 0.25) is 0 Å². The Hall–Kier alpha value is -0.160. The molecule has 0 bridgehead atoms. The smallest absolute Gasteiger partial charge is 0.0593 e. The Morgan fingerprint density at radius 3 is 2.80 bits per heavy atom. The van der Waals surface area contributed by atoms with Crippen molar-refractivity contribution in [3.63, 3.8) is 0 Å². The minimum absolute atomic E-state index is 0.674. The second kappa shape index (κ2) is 7.17. The number of likely N-dealkylation sites (tertiary alicyclic amines) is 1. The number of hydrogen-bond acceptors (Lipinski definition) is 4. The number of ether oxygens (including phenoxy) is 1. The number of rotatable bonds is 7. The van der Waals surface area contributed by atoms with Crippen LogP contribution >= 0.6 is 0 Å². The Balaban J connectivity index is 1.85. The first-order valence-corrected chi connectivity index (χ1v) is 5.83. The summed E-state index contributed by atoms with van der Waals surface area (Å²) in [5, 5.41) is 3.52. The molecule has 4 heteroatoms. The Morgan fingerprint density at radius 1 is 1.40 bits per heavy atom. The van der Waals surface area contributed by atoms with Gasteiger partial charge in [-0.15, -0.1) is 0 Å². The van der Waals surface area contributed by atoms with Gasteiger partial charge in [0.1, 0.15) is 0 Å². The lowest BCUT2D eigenvalue weighted by atomic mass is 10.3. The second-order valence-electron chi connectivity index (χ2n) is 4.62. The van der Waals surface area contributed by atoms with Gasteiger partial charge in [-0.2, -0.15) is 0 Å². The van der Waals surface area contributed by atoms with E-state index in [0.717, 1.165) is 26.3 Å². The van der Waals surface area contributed by atoms with Crippen molar-refractivity contribution in [2.75, 3.05) is 60.5 Å². The fraction of sp³-hybridized carbons (Fsp3) is 1.00. The van der Waals surface area contributed by atoms with E-state index in [4.69, 9.17) is 4.74 Å². The molecule has 1 N–H and O–H groups in total. The van der Waals surface area contributed by atoms with E-state index in [1.54, 1.807) is 0 Å². The summed E-state index contributed by atoms with van der Waals surface area (Å²) < 4.78 is 5.51. The summed E-state index contributed by atoms with van der Waals surface area (Å²) in [6, 6.07) is 0.674. The molecule has 1 fully saturated rings. The molecule has 0 aromatic carbocycles. The van der Waals surface area contributed by atoms with Gasteiger partial charge in [-0.3, -0.25) is 0 Å². The third kappa shape index (κ3) is 6.10. The lowest BCUT2D eigenvalue weighted by Gasteiger charge is -2.13. The van der Waals surface area contributed by atoms with Crippen LogP contribution in [-0.2, 0) is 4.74 Å². The van der Waals surface area contributed by atoms with Gasteiger partial charge >= 0.3 is 0 Å². The molecule has 0 saturated carbocycles. The van der Waals surface area contributed by atoms with Gasteiger partial charge < -0.3 is 19.9 Å². The van der Waals surface area contributed by atoms with Crippen LogP contribution in [0.1, 0.15) is 6.42 Å². The number of nitrogens with one attached hydrogen (secondary N) is 1. The zero-order valence-corrected chi connectivity index (χ0v) is 10.3. The SMILES string of the molecule is CN(C)CCOCCNC1CCN(C)C1. The van der Waals surface area contributed by atoms with Crippen molar-refractivity contribution in [1.82, 2.24) is 15.1 Å². The van der Waals surface area contributed by atoms with Crippen LogP contribution in [0.3, 0.4) is 0 Å². The first-order chi connectivity index (χ1) is 7.18. The highest BCUT2D eigenvalue weighted by Crippen LogP contribution is 2.05. The molecule has 0 aliphatic carbocycles. The summed E-state index contributed by atoms with van der Waals surface area (Å²) in [6.07, 6.45) is 1.27. The molecule has 0 aromatic heterocycles. The van der Waals surface area contributed by atoms with E-state index in [1.807, 2.05) is 0 Å². The first kappa shape index (κ1) is 12.9. The topological polar surface area (TPSA) is 27.7 Å². The van der Waals surface area contributed by atoms with E-state index < -0.39 is 0 Å². The Labute approximate surface area is 93.6 Å². The summed E-state index contributed by atoms with van der Waals surface area (Å²) in [5.41, 5.74) is 0. The van der Waals surface area contributed by atoms with E-state index in [-0.39, 0.29) is 0 Å². The molecule has 0 radical (unpaired) electrons. The summed E-state index contributed by atoms with van der Waals surface area (Å²) in [5.74, 6) is 0. The van der Waals surface area contributed by atoms with Crippen LogP contribution in [0.4, 0.5) is 0 Å². The fourth-order valence-electron chi connectivity index (χ4n) is 1.79. The monoisotopic (exact) mass is 215 g/mol. The molecule has 90 valence electrons. The summed E-state index contributed by atoms with van der Waals surface area (Å²) in [6.45, 7) is 6.04. The van der Waals surface area contributed by atoms with Crippen molar-refractivity contribution in [2.24, 2.45) is 0 Å². The largest absolute Gasteiger partial charge is 0.379 e. The van der Waals surface area contributed by atoms with Crippen LogP contribution < -0.4 is 5.32 Å². The van der Waals surface area contributed by atoms with Gasteiger partial charge in [0.15, 0.2) is 0 Å². The average Bonchev–Trinajstić information content (AvgIpc) is 2.57. The van der Waals surface area contributed by atoms with Crippen LogP contribution in [0.15, 0.2) is 0 Å². The number of hydrogen-bond donors (Lipinski definition) is 1. The molecule has 15 heavy (non-hydrogen) atoms. The lowest BCUT2D eigenvalue weighted by Crippen LogP contribution is -2.34. The molecule has 1 heterocycles. The summed E-state index contributed by atoms with van der Waals surface area (Å²) in [7, 11) is 6.31. The van der Waals surface area contributed by atoms with Crippen LogP contribution in [0.2, 0.25) is 0 Å². The van der Waals surface area contributed by atoms with Crippen molar-refractivity contribution < 1.29 is 4.74 Å². The quantitative estimate of drug-likeness (QED) is 0.598. The summed E-state index contributed by atoms with van der Waals surface area (Å²) >= 11 is 0. The molecule has 0 amide bonds. The molecule has 0 spiro atoms. The molecular weight excluding hydrogens is 190 g/mol. The molecule has 0 aromatic rings. The molecule has 1 atom stereocenters. The molecule has 4 nitrogen and oxygen atoms in total. The third-order valence-corrected chi connectivity index (χ3v) is 2.75. The van der Waals surface area contributed by atoms with Crippen molar-refractivity contribution in [3.05, 3.63) is 0 Å². The van der Waals surface area contributed by atoms with E-state index in [1.165, 1.54) is 19.5 Å². The van der Waals surface area contributed by atoms with Crippen LogP contribution in [-0.4, -0.2) is 76.4 Å². The molecule has 1 saturated heterocycles. The van der Waals surface area contributed by atoms with E-state index in [0.29, 0.717) is 6.04 Å². The second-order valence-corrected chi connectivity index (χ2v) is 4.62. The van der Waals surface area contributed by atoms with Gasteiger partial charge in [-0.25, -0.2) is 0 Å². The van der Waals surface area contributed by atoms with Gasteiger partial charge in [-0.1, -0.05) is 0 Å². The Kier molecular flexibility index (Phi) is 6.17. The Bertz CT molecular complexity index is 164. The maximum atomic E-state index is 5.51. The highest BCUT2D eigenvalue weighted by atomic mass is 16.5. The maximum Gasteiger partial charge on any atom is 0.0593 e. The zero-order valence-electron chi connectivity index (χ0n) is 10.3. The van der Waals surface area contributed by atoms with E-state index >= 15 is 0 Å². The molecule has 1 rings (SSSR count). The Morgan fingerprint density at radius 2 is 2.20 bits per heavy atom. The van der Waals surface area contributed by atoms with Crippen molar-refractivity contribution in [2.45, 2.75) is 12.5 Å². The van der Waals surface area contributed by atoms with Gasteiger partial charge in [0.25, 0.3) is 0 Å². The lowest BCUT2D eigenvalue weighted by molar-refractivity contribution is 0.117. The van der Waals surface area contributed by atoms with E-state index in [9.17, 15) is 0 Å². The van der Waals surface area contributed by atoms with Gasteiger partial charge in [-0.05, 0) is 34.1 Å². The number of nitrogens with zero attached hydrogens (tertiary/aromatic N) is 2. The molecular formula is C11H25N3O. The average molecular weight is 215 g/mol. The van der Waals surface area contributed by atoms with Crippen molar-refractivity contribution in [1.29, 1.82) is 0 Å². The first-order valence-electron chi connectivity index (χ1n) is 5.83. The van der Waals surface area contributed by atoms with Gasteiger partial charge in [0.05, 0.1) is 13.2 Å². The van der Waals surface area contributed by atoms with Crippen LogP contribution in [0, 0.1) is 0 Å². The van der Waals surface area contributed by atoms with Crippen LogP contribution in [0.5, 0.6) is 0 Å². The van der Waals surface area contributed by atoms with Crippen LogP contribution in [0.25, 0.3) is 0 Å². The molecule has 1 aliphatic rings. The standard InChI is InChI=1S/C11H25N3O/c1-13(2)7-9-15-8-5-12-11-4-6-14(3)10-11/h11-12H,4-10H2,1-3H3.